The van der Waals surface area contributed by atoms with Gasteiger partial charge in [-0.15, -0.1) is 11.3 Å². The van der Waals surface area contributed by atoms with Gasteiger partial charge in [-0.05, 0) is 35.6 Å². The highest BCUT2D eigenvalue weighted by molar-refractivity contribution is 7.10. The lowest BCUT2D eigenvalue weighted by Crippen LogP contribution is -2.33. The van der Waals surface area contributed by atoms with Crippen LogP contribution in [0, 0.1) is 0 Å². The average molecular weight is 416 g/mol. The maximum absolute atomic E-state index is 13.1. The molecule has 5 nitrogen and oxygen atoms in total. The van der Waals surface area contributed by atoms with Crippen LogP contribution in [0.2, 0.25) is 0 Å². The number of thiophene rings is 1. The van der Waals surface area contributed by atoms with Gasteiger partial charge < -0.3 is 5.32 Å². The molecule has 1 N–H and O–H groups in total. The lowest BCUT2D eigenvalue weighted by atomic mass is 9.80. The molecule has 0 bridgehead atoms. The Morgan fingerprint density at radius 2 is 1.93 bits per heavy atom. The quantitative estimate of drug-likeness (QED) is 0.654. The molecule has 1 aliphatic carbocycles. The molecule has 0 unspecified atom stereocenters. The molecule has 0 saturated heterocycles. The number of Topliss-reactive ketones (excluding diaryl/α,β-unsaturated/α-hetero) is 1. The highest BCUT2D eigenvalue weighted by atomic mass is 32.1. The van der Waals surface area contributed by atoms with Crippen LogP contribution in [0.1, 0.15) is 40.8 Å². The van der Waals surface area contributed by atoms with Gasteiger partial charge in [-0.3, -0.25) is 4.79 Å². The Balaban J connectivity index is 1.58. The molecule has 0 fully saturated rings. The fourth-order valence-corrected chi connectivity index (χ4v) is 4.87. The Labute approximate surface area is 167 Å². The van der Waals surface area contributed by atoms with E-state index in [0.717, 1.165) is 22.7 Å². The van der Waals surface area contributed by atoms with Crippen LogP contribution in [0.4, 0.5) is 19.1 Å². The van der Waals surface area contributed by atoms with Crippen molar-refractivity contribution in [3.05, 3.63) is 75.4 Å². The molecule has 0 amide bonds. The van der Waals surface area contributed by atoms with Gasteiger partial charge in [0, 0.05) is 28.5 Å². The van der Waals surface area contributed by atoms with E-state index in [1.54, 1.807) is 16.0 Å². The highest BCUT2D eigenvalue weighted by Gasteiger charge is 2.40. The Morgan fingerprint density at radius 3 is 2.62 bits per heavy atom. The van der Waals surface area contributed by atoms with Crippen LogP contribution in [0.5, 0.6) is 0 Å². The minimum absolute atomic E-state index is 0.0248. The number of benzene rings is 1. The minimum Gasteiger partial charge on any atom is -0.328 e. The molecular weight excluding hydrogens is 401 g/mol. The topological polar surface area (TPSA) is 59.8 Å². The molecule has 2 aliphatic rings. The van der Waals surface area contributed by atoms with Crippen molar-refractivity contribution in [3.63, 3.8) is 0 Å². The van der Waals surface area contributed by atoms with Crippen LogP contribution in [0.3, 0.4) is 0 Å². The van der Waals surface area contributed by atoms with Crippen molar-refractivity contribution >= 4 is 23.1 Å². The molecule has 2 atom stereocenters. The Bertz CT molecular complexity index is 1100. The molecule has 1 aliphatic heterocycles. The molecule has 9 heteroatoms. The second-order valence-electron chi connectivity index (χ2n) is 7.11. The zero-order valence-electron chi connectivity index (χ0n) is 15.0. The first-order valence-corrected chi connectivity index (χ1v) is 9.93. The third kappa shape index (κ3) is 3.05. The molecule has 5 rings (SSSR count). The number of halogens is 3. The first-order chi connectivity index (χ1) is 13.9. The first kappa shape index (κ1) is 18.1. The zero-order chi connectivity index (χ0) is 20.2. The first-order valence-electron chi connectivity index (χ1n) is 9.05. The number of fused-ring (bicyclic) bond motifs is 1. The number of aromatic nitrogens is 3. The van der Waals surface area contributed by atoms with Crippen LogP contribution in [-0.4, -0.2) is 20.5 Å². The number of nitrogens with zero attached hydrogens (tertiary/aromatic N) is 3. The van der Waals surface area contributed by atoms with E-state index in [1.165, 1.54) is 18.5 Å². The number of anilines is 1. The number of hydrogen-bond acceptors (Lipinski definition) is 5. The molecule has 3 aromatic rings. The number of ketones is 1. The van der Waals surface area contributed by atoms with Gasteiger partial charge in [-0.25, -0.2) is 4.68 Å². The highest BCUT2D eigenvalue weighted by Crippen LogP contribution is 2.44. The summed E-state index contributed by atoms with van der Waals surface area (Å²) in [6, 6.07) is 8.28. The minimum atomic E-state index is -4.41. The fraction of sp³-hybridized carbons (Fsp3) is 0.250. The van der Waals surface area contributed by atoms with Crippen molar-refractivity contribution in [1.82, 2.24) is 14.8 Å². The largest absolute Gasteiger partial charge is 0.416 e. The molecule has 0 saturated carbocycles. The normalized spacial score (nSPS) is 21.6. The molecule has 29 heavy (non-hydrogen) atoms. The summed E-state index contributed by atoms with van der Waals surface area (Å²) in [4.78, 5) is 18.5. The molecule has 148 valence electrons. The lowest BCUT2D eigenvalue weighted by Gasteiger charge is -2.34. The third-order valence-electron chi connectivity index (χ3n) is 5.36. The summed E-state index contributed by atoms with van der Waals surface area (Å²) in [5.41, 5.74) is 1.17. The molecule has 0 radical (unpaired) electrons. The van der Waals surface area contributed by atoms with Crippen LogP contribution >= 0.6 is 11.3 Å². The van der Waals surface area contributed by atoms with E-state index in [4.69, 9.17) is 0 Å². The standard InChI is InChI=1S/C20H15F3N4OS/c21-20(22,23)13-5-3-11(4-6-13)18-17-14(26-19-24-10-25-27(18)19)8-12(9-15(17)28)16-2-1-7-29-16/h1-7,10,12,18H,8-9H2,(H,24,25,26)/t12-,18+/m1/s1. The summed E-state index contributed by atoms with van der Waals surface area (Å²) in [7, 11) is 0. The summed E-state index contributed by atoms with van der Waals surface area (Å²) in [6.07, 6.45) is -2.03. The van der Waals surface area contributed by atoms with E-state index in [2.05, 4.69) is 15.4 Å². The van der Waals surface area contributed by atoms with E-state index >= 15 is 0 Å². The predicted molar refractivity (Wildman–Crippen MR) is 102 cm³/mol. The number of nitrogens with one attached hydrogen (secondary N) is 1. The molecule has 0 spiro atoms. The van der Waals surface area contributed by atoms with Gasteiger partial charge in [0.05, 0.1) is 5.56 Å². The lowest BCUT2D eigenvalue weighted by molar-refractivity contribution is -0.137. The monoisotopic (exact) mass is 416 g/mol. The Hall–Kier alpha value is -2.94. The van der Waals surface area contributed by atoms with Gasteiger partial charge in [-0.2, -0.15) is 23.3 Å². The Kier molecular flexibility index (Phi) is 4.09. The average Bonchev–Trinajstić information content (AvgIpc) is 3.37. The number of carbonyl (C=O) groups is 1. The van der Waals surface area contributed by atoms with Crippen molar-refractivity contribution in [2.75, 3.05) is 5.32 Å². The Morgan fingerprint density at radius 1 is 1.14 bits per heavy atom. The second kappa shape index (κ2) is 6.55. The van der Waals surface area contributed by atoms with E-state index in [9.17, 15) is 18.0 Å². The van der Waals surface area contributed by atoms with Gasteiger partial charge in [-0.1, -0.05) is 18.2 Å². The molecule has 2 aromatic heterocycles. The summed E-state index contributed by atoms with van der Waals surface area (Å²) < 4.78 is 40.4. The summed E-state index contributed by atoms with van der Waals surface area (Å²) >= 11 is 1.62. The summed E-state index contributed by atoms with van der Waals surface area (Å²) in [5, 5.41) is 9.41. The van der Waals surface area contributed by atoms with Crippen LogP contribution in [0.25, 0.3) is 0 Å². The van der Waals surface area contributed by atoms with Crippen molar-refractivity contribution < 1.29 is 18.0 Å². The molecule has 3 heterocycles. The zero-order valence-corrected chi connectivity index (χ0v) is 15.8. The SMILES string of the molecule is O=C1C[C@H](c2cccs2)CC2=C1[C@H](c1ccc(C(F)(F)F)cc1)n1ncnc1N2. The van der Waals surface area contributed by atoms with E-state index in [-0.39, 0.29) is 11.7 Å². The van der Waals surface area contributed by atoms with E-state index in [0.29, 0.717) is 29.9 Å². The maximum atomic E-state index is 13.1. The summed E-state index contributed by atoms with van der Waals surface area (Å²) in [6.45, 7) is 0. The van der Waals surface area contributed by atoms with Crippen LogP contribution < -0.4 is 5.32 Å². The fourth-order valence-electron chi connectivity index (χ4n) is 4.04. The third-order valence-corrected chi connectivity index (χ3v) is 6.40. The van der Waals surface area contributed by atoms with E-state index < -0.39 is 17.8 Å². The second-order valence-corrected chi connectivity index (χ2v) is 8.09. The van der Waals surface area contributed by atoms with Gasteiger partial charge in [0.25, 0.3) is 0 Å². The summed E-state index contributed by atoms with van der Waals surface area (Å²) in [5.74, 6) is 0.535. The van der Waals surface area contributed by atoms with Crippen LogP contribution in [0.15, 0.2) is 59.4 Å². The van der Waals surface area contributed by atoms with Gasteiger partial charge in [0.15, 0.2) is 5.78 Å². The van der Waals surface area contributed by atoms with Gasteiger partial charge in [0.1, 0.15) is 12.4 Å². The van der Waals surface area contributed by atoms with Crippen molar-refractivity contribution in [3.8, 4) is 0 Å². The molecule has 1 aromatic carbocycles. The number of hydrogen-bond donors (Lipinski definition) is 1. The van der Waals surface area contributed by atoms with Crippen molar-refractivity contribution in [1.29, 1.82) is 0 Å². The van der Waals surface area contributed by atoms with Gasteiger partial charge >= 0.3 is 6.18 Å². The number of allylic oxidation sites excluding steroid dienone is 2. The molecular formula is C20H15F3N4OS. The number of carbonyl (C=O) groups excluding carboxylic acids is 1. The van der Waals surface area contributed by atoms with Gasteiger partial charge in [0.2, 0.25) is 5.95 Å². The maximum Gasteiger partial charge on any atom is 0.416 e. The van der Waals surface area contributed by atoms with Crippen LogP contribution in [-0.2, 0) is 11.0 Å². The predicted octanol–water partition coefficient (Wildman–Crippen LogP) is 4.77. The van der Waals surface area contributed by atoms with E-state index in [1.807, 2.05) is 17.5 Å². The van der Waals surface area contributed by atoms with Crippen molar-refractivity contribution in [2.45, 2.75) is 31.0 Å². The smallest absolute Gasteiger partial charge is 0.328 e. The van der Waals surface area contributed by atoms with Crippen molar-refractivity contribution in [2.24, 2.45) is 0 Å². The number of alkyl halides is 3. The number of rotatable bonds is 2.